The maximum Gasteiger partial charge on any atom is 0.240 e. The molecule has 1 aromatic heterocycles. The van der Waals surface area contributed by atoms with Crippen molar-refractivity contribution in [3.05, 3.63) is 47.4 Å². The van der Waals surface area contributed by atoms with E-state index in [4.69, 9.17) is 4.52 Å². The summed E-state index contributed by atoms with van der Waals surface area (Å²) >= 11 is 0. The fourth-order valence-corrected chi connectivity index (χ4v) is 1.62. The first-order valence-electron chi connectivity index (χ1n) is 6.05. The Morgan fingerprint density at radius 1 is 1.33 bits per heavy atom. The van der Waals surface area contributed by atoms with E-state index >= 15 is 0 Å². The van der Waals surface area contributed by atoms with Gasteiger partial charge in [0.05, 0.1) is 6.54 Å². The molecular formula is C13H16FN3O. The maximum atomic E-state index is 13.4. The highest BCUT2D eigenvalue weighted by Crippen LogP contribution is 2.10. The lowest BCUT2D eigenvalue weighted by Crippen LogP contribution is -2.13. The molecule has 4 nitrogen and oxygen atoms in total. The lowest BCUT2D eigenvalue weighted by atomic mass is 10.1. The zero-order chi connectivity index (χ0) is 12.8. The van der Waals surface area contributed by atoms with E-state index in [9.17, 15) is 4.39 Å². The Morgan fingerprint density at radius 2 is 2.17 bits per heavy atom. The molecule has 96 valence electrons. The fourth-order valence-electron chi connectivity index (χ4n) is 1.62. The number of rotatable bonds is 6. The predicted molar refractivity (Wildman–Crippen MR) is 65.5 cm³/mol. The van der Waals surface area contributed by atoms with Crippen molar-refractivity contribution in [3.8, 4) is 0 Å². The van der Waals surface area contributed by atoms with E-state index < -0.39 is 0 Å². The van der Waals surface area contributed by atoms with Crippen LogP contribution in [-0.4, -0.2) is 16.7 Å². The Kier molecular flexibility index (Phi) is 4.41. The predicted octanol–water partition coefficient (Wildman–Crippen LogP) is 2.30. The minimum atomic E-state index is -0.243. The molecule has 1 aromatic carbocycles. The van der Waals surface area contributed by atoms with E-state index in [0.29, 0.717) is 30.2 Å². The second-order valence-electron chi connectivity index (χ2n) is 4.05. The van der Waals surface area contributed by atoms with Crippen LogP contribution in [0.1, 0.15) is 30.6 Å². The van der Waals surface area contributed by atoms with Gasteiger partial charge in [-0.1, -0.05) is 30.3 Å². The Balaban J connectivity index is 1.96. The highest BCUT2D eigenvalue weighted by atomic mass is 19.1. The molecule has 0 atom stereocenters. The summed E-state index contributed by atoms with van der Waals surface area (Å²) in [6.45, 7) is 3.55. The van der Waals surface area contributed by atoms with E-state index in [1.165, 1.54) is 6.07 Å². The molecular weight excluding hydrogens is 233 g/mol. The number of benzene rings is 1. The Hall–Kier alpha value is -1.75. The molecule has 0 bridgehead atoms. The largest absolute Gasteiger partial charge is 0.338 e. The van der Waals surface area contributed by atoms with Crippen molar-refractivity contribution in [2.75, 3.05) is 6.54 Å². The van der Waals surface area contributed by atoms with Gasteiger partial charge in [0.1, 0.15) is 5.82 Å². The van der Waals surface area contributed by atoms with Crippen LogP contribution >= 0.6 is 0 Å². The SMILES string of the molecule is CCCNCc1nc(Cc2ccccc2F)no1. The maximum absolute atomic E-state index is 13.4. The number of halogens is 1. The van der Waals surface area contributed by atoms with Crippen LogP contribution in [0, 0.1) is 5.82 Å². The summed E-state index contributed by atoms with van der Waals surface area (Å²) in [6.07, 6.45) is 1.40. The van der Waals surface area contributed by atoms with E-state index in [2.05, 4.69) is 22.4 Å². The first kappa shape index (κ1) is 12.7. The van der Waals surface area contributed by atoms with Crippen LogP contribution in [0.25, 0.3) is 0 Å². The van der Waals surface area contributed by atoms with E-state index in [1.54, 1.807) is 18.2 Å². The van der Waals surface area contributed by atoms with Gasteiger partial charge in [0.25, 0.3) is 0 Å². The standard InChI is InChI=1S/C13H16FN3O/c1-2-7-15-9-13-16-12(17-18-13)8-10-5-3-4-6-11(10)14/h3-6,15H,2,7-9H2,1H3. The van der Waals surface area contributed by atoms with Gasteiger partial charge in [-0.05, 0) is 24.6 Å². The topological polar surface area (TPSA) is 51.0 Å². The quantitative estimate of drug-likeness (QED) is 0.798. The monoisotopic (exact) mass is 249 g/mol. The second-order valence-corrected chi connectivity index (χ2v) is 4.05. The number of nitrogens with one attached hydrogen (secondary N) is 1. The highest BCUT2D eigenvalue weighted by Gasteiger charge is 2.09. The van der Waals surface area contributed by atoms with Gasteiger partial charge >= 0.3 is 0 Å². The molecule has 5 heteroatoms. The summed E-state index contributed by atoms with van der Waals surface area (Å²) in [5.74, 6) is 0.802. The Labute approximate surface area is 105 Å². The normalized spacial score (nSPS) is 10.8. The smallest absolute Gasteiger partial charge is 0.240 e. The number of aromatic nitrogens is 2. The van der Waals surface area contributed by atoms with Crippen LogP contribution in [0.2, 0.25) is 0 Å². The van der Waals surface area contributed by atoms with Gasteiger partial charge in [0.15, 0.2) is 5.82 Å². The molecule has 0 amide bonds. The van der Waals surface area contributed by atoms with Crippen LogP contribution in [0.4, 0.5) is 4.39 Å². The fraction of sp³-hybridized carbons (Fsp3) is 0.385. The summed E-state index contributed by atoms with van der Waals surface area (Å²) in [7, 11) is 0. The third-order valence-corrected chi connectivity index (χ3v) is 2.52. The third-order valence-electron chi connectivity index (χ3n) is 2.52. The molecule has 0 fully saturated rings. The summed E-state index contributed by atoms with van der Waals surface area (Å²) in [4.78, 5) is 4.21. The van der Waals surface area contributed by atoms with Crippen molar-refractivity contribution < 1.29 is 8.91 Å². The third kappa shape index (κ3) is 3.37. The van der Waals surface area contributed by atoms with Gasteiger partial charge in [-0.2, -0.15) is 4.98 Å². The van der Waals surface area contributed by atoms with Crippen molar-refractivity contribution in [3.63, 3.8) is 0 Å². The van der Waals surface area contributed by atoms with Crippen molar-refractivity contribution in [2.24, 2.45) is 0 Å². The zero-order valence-electron chi connectivity index (χ0n) is 10.3. The molecule has 0 radical (unpaired) electrons. The number of hydrogen-bond acceptors (Lipinski definition) is 4. The molecule has 0 saturated carbocycles. The van der Waals surface area contributed by atoms with Crippen molar-refractivity contribution in [1.29, 1.82) is 0 Å². The van der Waals surface area contributed by atoms with Gasteiger partial charge < -0.3 is 9.84 Å². The molecule has 0 spiro atoms. The van der Waals surface area contributed by atoms with Gasteiger partial charge in [-0.3, -0.25) is 0 Å². The number of nitrogens with zero attached hydrogens (tertiary/aromatic N) is 2. The van der Waals surface area contributed by atoms with Crippen LogP contribution < -0.4 is 5.32 Å². The average Bonchev–Trinajstić information content (AvgIpc) is 2.80. The van der Waals surface area contributed by atoms with Crippen LogP contribution in [0.15, 0.2) is 28.8 Å². The average molecular weight is 249 g/mol. The van der Waals surface area contributed by atoms with E-state index in [0.717, 1.165) is 13.0 Å². The van der Waals surface area contributed by atoms with Gasteiger partial charge in [0, 0.05) is 6.42 Å². The molecule has 0 saturated heterocycles. The Bertz CT molecular complexity index is 498. The minimum Gasteiger partial charge on any atom is -0.338 e. The second kappa shape index (κ2) is 6.26. The van der Waals surface area contributed by atoms with Gasteiger partial charge in [0.2, 0.25) is 5.89 Å². The molecule has 1 N–H and O–H groups in total. The van der Waals surface area contributed by atoms with Crippen molar-refractivity contribution in [2.45, 2.75) is 26.3 Å². The summed E-state index contributed by atoms with van der Waals surface area (Å²) in [6, 6.07) is 6.61. The summed E-state index contributed by atoms with van der Waals surface area (Å²) in [5, 5.41) is 7.01. The lowest BCUT2D eigenvalue weighted by molar-refractivity contribution is 0.363. The summed E-state index contributed by atoms with van der Waals surface area (Å²) < 4.78 is 18.5. The molecule has 1 heterocycles. The minimum absolute atomic E-state index is 0.243. The zero-order valence-corrected chi connectivity index (χ0v) is 10.3. The molecule has 0 unspecified atom stereocenters. The van der Waals surface area contributed by atoms with E-state index in [1.807, 2.05) is 0 Å². The summed E-state index contributed by atoms with van der Waals surface area (Å²) in [5.41, 5.74) is 0.575. The molecule has 18 heavy (non-hydrogen) atoms. The molecule has 0 aliphatic rings. The number of hydrogen-bond donors (Lipinski definition) is 1. The first-order valence-corrected chi connectivity index (χ1v) is 6.05. The van der Waals surface area contributed by atoms with Crippen LogP contribution in [0.3, 0.4) is 0 Å². The van der Waals surface area contributed by atoms with Crippen molar-refractivity contribution in [1.82, 2.24) is 15.5 Å². The highest BCUT2D eigenvalue weighted by molar-refractivity contribution is 5.20. The molecule has 0 aliphatic heterocycles. The van der Waals surface area contributed by atoms with Crippen molar-refractivity contribution >= 4 is 0 Å². The lowest BCUT2D eigenvalue weighted by Gasteiger charge is -1.98. The molecule has 0 aliphatic carbocycles. The van der Waals surface area contributed by atoms with Gasteiger partial charge in [-0.15, -0.1) is 0 Å². The molecule has 2 aromatic rings. The van der Waals surface area contributed by atoms with Crippen LogP contribution in [-0.2, 0) is 13.0 Å². The van der Waals surface area contributed by atoms with E-state index in [-0.39, 0.29) is 5.82 Å². The van der Waals surface area contributed by atoms with Gasteiger partial charge in [-0.25, -0.2) is 4.39 Å². The Morgan fingerprint density at radius 3 is 2.94 bits per heavy atom. The van der Waals surface area contributed by atoms with Crippen LogP contribution in [0.5, 0.6) is 0 Å². The molecule has 2 rings (SSSR count). The first-order chi connectivity index (χ1) is 8.79.